The van der Waals surface area contributed by atoms with Gasteiger partial charge in [-0.3, -0.25) is 0 Å². The lowest BCUT2D eigenvalue weighted by Crippen LogP contribution is -2.09. The number of hydrogen-bond donors (Lipinski definition) is 1. The molecule has 0 aliphatic rings. The van der Waals surface area contributed by atoms with Crippen molar-refractivity contribution in [2.24, 2.45) is 5.73 Å². The van der Waals surface area contributed by atoms with E-state index in [0.29, 0.717) is 21.6 Å². The van der Waals surface area contributed by atoms with Crippen LogP contribution in [0.2, 0.25) is 10.0 Å². The van der Waals surface area contributed by atoms with E-state index in [2.05, 4.69) is 10.6 Å². The second kappa shape index (κ2) is 5.68. The zero-order valence-corrected chi connectivity index (χ0v) is 13.3. The molecule has 0 amide bonds. The highest BCUT2D eigenvalue weighted by atomic mass is 35.5. The highest BCUT2D eigenvalue weighted by Gasteiger charge is 2.08. The van der Waals surface area contributed by atoms with Gasteiger partial charge in [-0.25, -0.2) is 0 Å². The number of thiocarbonyl (C=S) groups is 1. The Kier molecular flexibility index (Phi) is 3.89. The van der Waals surface area contributed by atoms with Crippen LogP contribution in [0.15, 0.2) is 48.7 Å². The third kappa shape index (κ3) is 2.77. The van der Waals surface area contributed by atoms with E-state index in [1.54, 1.807) is 6.07 Å². The average molecular weight is 335 g/mol. The minimum Gasteiger partial charge on any atom is -0.389 e. The molecule has 3 aromatic rings. The van der Waals surface area contributed by atoms with Crippen LogP contribution in [0.4, 0.5) is 0 Å². The van der Waals surface area contributed by atoms with E-state index in [0.717, 1.165) is 22.0 Å². The quantitative estimate of drug-likeness (QED) is 0.708. The van der Waals surface area contributed by atoms with Crippen LogP contribution in [0.1, 0.15) is 11.1 Å². The summed E-state index contributed by atoms with van der Waals surface area (Å²) >= 11 is 17.4. The van der Waals surface area contributed by atoms with Crippen molar-refractivity contribution in [2.45, 2.75) is 6.54 Å². The summed E-state index contributed by atoms with van der Waals surface area (Å²) in [5.74, 6) is 0. The van der Waals surface area contributed by atoms with Crippen molar-refractivity contribution in [1.82, 2.24) is 4.57 Å². The molecule has 5 heteroatoms. The van der Waals surface area contributed by atoms with Gasteiger partial charge in [-0.05, 0) is 29.1 Å². The van der Waals surface area contributed by atoms with Crippen LogP contribution in [0, 0.1) is 0 Å². The lowest BCUT2D eigenvalue weighted by atomic mass is 10.1. The van der Waals surface area contributed by atoms with Crippen molar-refractivity contribution >= 4 is 51.3 Å². The molecule has 1 heterocycles. The molecule has 21 heavy (non-hydrogen) atoms. The van der Waals surface area contributed by atoms with Gasteiger partial charge in [0.25, 0.3) is 0 Å². The maximum absolute atomic E-state index is 6.26. The predicted octanol–water partition coefficient (Wildman–Crippen LogP) is 4.63. The topological polar surface area (TPSA) is 30.9 Å². The molecule has 0 bridgehead atoms. The van der Waals surface area contributed by atoms with Crippen LogP contribution in [0.3, 0.4) is 0 Å². The number of rotatable bonds is 3. The average Bonchev–Trinajstić information content (AvgIpc) is 2.86. The molecule has 0 saturated heterocycles. The molecule has 0 aliphatic carbocycles. The largest absolute Gasteiger partial charge is 0.389 e. The van der Waals surface area contributed by atoms with Crippen molar-refractivity contribution in [3.05, 3.63) is 69.8 Å². The van der Waals surface area contributed by atoms with Crippen LogP contribution in [0.5, 0.6) is 0 Å². The first-order chi connectivity index (χ1) is 10.1. The third-order valence-corrected chi connectivity index (χ3v) is 4.52. The van der Waals surface area contributed by atoms with Crippen LogP contribution in [-0.4, -0.2) is 9.56 Å². The summed E-state index contributed by atoms with van der Waals surface area (Å²) in [7, 11) is 0. The second-order valence-electron chi connectivity index (χ2n) is 4.79. The molecule has 3 rings (SSSR count). The molecule has 0 atom stereocenters. The molecule has 0 saturated carbocycles. The molecule has 106 valence electrons. The first-order valence-electron chi connectivity index (χ1n) is 6.38. The summed E-state index contributed by atoms with van der Waals surface area (Å²) in [6, 6.07) is 13.6. The molecule has 2 nitrogen and oxygen atoms in total. The molecule has 0 spiro atoms. The lowest BCUT2D eigenvalue weighted by Gasteiger charge is -2.09. The summed E-state index contributed by atoms with van der Waals surface area (Å²) in [6.45, 7) is 0.643. The maximum Gasteiger partial charge on any atom is 0.104 e. The van der Waals surface area contributed by atoms with Crippen LogP contribution in [-0.2, 0) is 6.54 Å². The van der Waals surface area contributed by atoms with E-state index in [1.807, 2.05) is 36.5 Å². The number of benzene rings is 2. The van der Waals surface area contributed by atoms with E-state index in [-0.39, 0.29) is 0 Å². The Morgan fingerprint density at radius 3 is 2.71 bits per heavy atom. The Bertz CT molecular complexity index is 839. The number of nitrogens with zero attached hydrogens (tertiary/aromatic N) is 1. The number of nitrogens with two attached hydrogens (primary N) is 1. The molecular formula is C16H12Cl2N2S. The summed E-state index contributed by atoms with van der Waals surface area (Å²) in [5.41, 5.74) is 8.60. The standard InChI is InChI=1S/C16H12Cl2N2S/c17-13-3-1-2-12(15(13)18)9-20-7-6-10-4-5-11(16(19)21)8-14(10)20/h1-8H,9H2,(H2,19,21). The highest BCUT2D eigenvalue weighted by molar-refractivity contribution is 7.80. The van der Waals surface area contributed by atoms with Crippen molar-refractivity contribution in [3.8, 4) is 0 Å². The fraction of sp³-hybridized carbons (Fsp3) is 0.0625. The second-order valence-corrected chi connectivity index (χ2v) is 6.02. The normalized spacial score (nSPS) is 11.0. The molecule has 1 aromatic heterocycles. The van der Waals surface area contributed by atoms with Crippen molar-refractivity contribution in [1.29, 1.82) is 0 Å². The van der Waals surface area contributed by atoms with Gasteiger partial charge in [0.05, 0.1) is 10.0 Å². The van der Waals surface area contributed by atoms with Gasteiger partial charge in [0.15, 0.2) is 0 Å². The van der Waals surface area contributed by atoms with Gasteiger partial charge < -0.3 is 10.3 Å². The SMILES string of the molecule is NC(=S)c1ccc2ccn(Cc3cccc(Cl)c3Cl)c2c1. The molecular weight excluding hydrogens is 323 g/mol. The fourth-order valence-electron chi connectivity index (χ4n) is 2.33. The van der Waals surface area contributed by atoms with Gasteiger partial charge in [0.2, 0.25) is 0 Å². The minimum atomic E-state index is 0.394. The van der Waals surface area contributed by atoms with Gasteiger partial charge in [-0.15, -0.1) is 0 Å². The Morgan fingerprint density at radius 2 is 1.95 bits per heavy atom. The summed E-state index contributed by atoms with van der Waals surface area (Å²) < 4.78 is 2.11. The third-order valence-electron chi connectivity index (χ3n) is 3.43. The number of halogens is 2. The van der Waals surface area contributed by atoms with E-state index in [9.17, 15) is 0 Å². The van der Waals surface area contributed by atoms with Crippen LogP contribution >= 0.6 is 35.4 Å². The molecule has 0 fully saturated rings. The lowest BCUT2D eigenvalue weighted by molar-refractivity contribution is 0.837. The van der Waals surface area contributed by atoms with Gasteiger partial charge in [-0.1, -0.05) is 59.7 Å². The van der Waals surface area contributed by atoms with E-state index < -0.39 is 0 Å². The monoisotopic (exact) mass is 334 g/mol. The Morgan fingerprint density at radius 1 is 1.14 bits per heavy atom. The van der Waals surface area contributed by atoms with E-state index in [1.165, 1.54) is 0 Å². The number of aromatic nitrogens is 1. The Hall–Kier alpha value is -1.55. The van der Waals surface area contributed by atoms with Gasteiger partial charge in [0, 0.05) is 23.8 Å². The van der Waals surface area contributed by atoms with Crippen molar-refractivity contribution in [2.75, 3.05) is 0 Å². The van der Waals surface area contributed by atoms with Gasteiger partial charge in [0.1, 0.15) is 4.99 Å². The first-order valence-corrected chi connectivity index (χ1v) is 7.54. The Labute approximate surface area is 138 Å². The maximum atomic E-state index is 6.26. The zero-order valence-electron chi connectivity index (χ0n) is 11.0. The minimum absolute atomic E-state index is 0.394. The number of fused-ring (bicyclic) bond motifs is 1. The smallest absolute Gasteiger partial charge is 0.104 e. The van der Waals surface area contributed by atoms with Gasteiger partial charge in [-0.2, -0.15) is 0 Å². The van der Waals surface area contributed by atoms with Crippen LogP contribution < -0.4 is 5.73 Å². The fourth-order valence-corrected chi connectivity index (χ4v) is 2.84. The molecule has 0 unspecified atom stereocenters. The molecule has 0 radical (unpaired) electrons. The molecule has 2 aromatic carbocycles. The number of hydrogen-bond acceptors (Lipinski definition) is 1. The summed E-state index contributed by atoms with van der Waals surface area (Å²) in [4.78, 5) is 0.394. The highest BCUT2D eigenvalue weighted by Crippen LogP contribution is 2.27. The van der Waals surface area contributed by atoms with Crippen molar-refractivity contribution < 1.29 is 0 Å². The first kappa shape index (κ1) is 14.4. The predicted molar refractivity (Wildman–Crippen MR) is 93.4 cm³/mol. The van der Waals surface area contributed by atoms with Crippen molar-refractivity contribution in [3.63, 3.8) is 0 Å². The van der Waals surface area contributed by atoms with E-state index >= 15 is 0 Å². The van der Waals surface area contributed by atoms with E-state index in [4.69, 9.17) is 41.2 Å². The van der Waals surface area contributed by atoms with Gasteiger partial charge >= 0.3 is 0 Å². The zero-order chi connectivity index (χ0) is 15.0. The summed E-state index contributed by atoms with van der Waals surface area (Å²) in [6.07, 6.45) is 2.02. The van der Waals surface area contributed by atoms with Crippen LogP contribution in [0.25, 0.3) is 10.9 Å². The molecule has 2 N–H and O–H groups in total. The Balaban J connectivity index is 2.06. The molecule has 0 aliphatic heterocycles. The summed E-state index contributed by atoms with van der Waals surface area (Å²) in [5, 5.41) is 2.29.